The van der Waals surface area contributed by atoms with Gasteiger partial charge in [0.05, 0.1) is 18.7 Å². The van der Waals surface area contributed by atoms with Gasteiger partial charge >= 0.3 is 5.97 Å². The molecule has 0 radical (unpaired) electrons. The molecule has 2 heterocycles. The van der Waals surface area contributed by atoms with Crippen LogP contribution in [0.25, 0.3) is 11.8 Å². The van der Waals surface area contributed by atoms with Crippen molar-refractivity contribution in [3.63, 3.8) is 0 Å². The summed E-state index contributed by atoms with van der Waals surface area (Å²) in [5, 5.41) is 11.7. The number of carboxylic acids is 1. The SMILES string of the molecule is COCCN1C(=O)C(=Cc2cc(C)n(-c3ccc(C(=O)O)cc3)c2C)C(=O)NC1=S. The highest BCUT2D eigenvalue weighted by atomic mass is 32.1. The van der Waals surface area contributed by atoms with Crippen LogP contribution in [0.1, 0.15) is 27.3 Å². The van der Waals surface area contributed by atoms with Gasteiger partial charge in [0.2, 0.25) is 0 Å². The fourth-order valence-electron chi connectivity index (χ4n) is 3.32. The van der Waals surface area contributed by atoms with Crippen LogP contribution >= 0.6 is 12.2 Å². The molecular formula is C21H21N3O5S. The molecule has 2 amide bonds. The van der Waals surface area contributed by atoms with Gasteiger partial charge in [0, 0.05) is 24.2 Å². The number of nitrogens with zero attached hydrogens (tertiary/aromatic N) is 2. The summed E-state index contributed by atoms with van der Waals surface area (Å²) < 4.78 is 6.93. The molecule has 1 aliphatic heterocycles. The number of benzene rings is 1. The van der Waals surface area contributed by atoms with E-state index in [-0.39, 0.29) is 29.4 Å². The second kappa shape index (κ2) is 8.60. The zero-order valence-electron chi connectivity index (χ0n) is 16.8. The van der Waals surface area contributed by atoms with E-state index in [1.165, 1.54) is 24.1 Å². The predicted molar refractivity (Wildman–Crippen MR) is 115 cm³/mol. The Balaban J connectivity index is 1.98. The Morgan fingerprint density at radius 2 is 1.90 bits per heavy atom. The van der Waals surface area contributed by atoms with E-state index in [2.05, 4.69) is 5.32 Å². The van der Waals surface area contributed by atoms with E-state index in [0.717, 1.165) is 17.1 Å². The van der Waals surface area contributed by atoms with Gasteiger partial charge < -0.3 is 14.4 Å². The molecule has 9 heteroatoms. The van der Waals surface area contributed by atoms with Crippen molar-refractivity contribution in [2.45, 2.75) is 13.8 Å². The third-order valence-electron chi connectivity index (χ3n) is 4.85. The molecule has 8 nitrogen and oxygen atoms in total. The molecule has 0 aliphatic carbocycles. The van der Waals surface area contributed by atoms with Crippen LogP contribution in [0.3, 0.4) is 0 Å². The van der Waals surface area contributed by atoms with E-state index in [1.54, 1.807) is 18.2 Å². The Hall–Kier alpha value is -3.30. The number of methoxy groups -OCH3 is 1. The average molecular weight is 427 g/mol. The van der Waals surface area contributed by atoms with Crippen LogP contribution in [-0.4, -0.2) is 57.7 Å². The van der Waals surface area contributed by atoms with Crippen LogP contribution in [0.2, 0.25) is 0 Å². The smallest absolute Gasteiger partial charge is 0.335 e. The van der Waals surface area contributed by atoms with Gasteiger partial charge in [-0.05, 0) is 68.0 Å². The maximum absolute atomic E-state index is 12.8. The fourth-order valence-corrected chi connectivity index (χ4v) is 3.59. The second-order valence-corrected chi connectivity index (χ2v) is 7.17. The molecule has 0 spiro atoms. The van der Waals surface area contributed by atoms with Gasteiger partial charge in [0.25, 0.3) is 11.8 Å². The highest BCUT2D eigenvalue weighted by molar-refractivity contribution is 7.80. The number of rotatable bonds is 6. The molecule has 0 atom stereocenters. The third kappa shape index (κ3) is 4.03. The highest BCUT2D eigenvalue weighted by Crippen LogP contribution is 2.24. The van der Waals surface area contributed by atoms with E-state index >= 15 is 0 Å². The summed E-state index contributed by atoms with van der Waals surface area (Å²) in [6, 6.07) is 8.34. The monoisotopic (exact) mass is 427 g/mol. The minimum Gasteiger partial charge on any atom is -0.478 e. The first-order valence-electron chi connectivity index (χ1n) is 9.15. The molecule has 0 bridgehead atoms. The topological polar surface area (TPSA) is 101 Å². The Labute approximate surface area is 178 Å². The summed E-state index contributed by atoms with van der Waals surface area (Å²) >= 11 is 5.10. The first-order valence-corrected chi connectivity index (χ1v) is 9.56. The molecular weight excluding hydrogens is 406 g/mol. The summed E-state index contributed by atoms with van der Waals surface area (Å²) in [7, 11) is 1.52. The Kier molecular flexibility index (Phi) is 6.14. The zero-order chi connectivity index (χ0) is 22.0. The molecule has 30 heavy (non-hydrogen) atoms. The normalized spacial score (nSPS) is 15.6. The van der Waals surface area contributed by atoms with Gasteiger partial charge in [0.15, 0.2) is 5.11 Å². The Bertz CT molecular complexity index is 1070. The van der Waals surface area contributed by atoms with E-state index in [0.29, 0.717) is 5.56 Å². The fraction of sp³-hybridized carbons (Fsp3) is 0.238. The number of aromatic carboxylic acids is 1. The van der Waals surface area contributed by atoms with Crippen molar-refractivity contribution in [2.75, 3.05) is 20.3 Å². The lowest BCUT2D eigenvalue weighted by atomic mass is 10.1. The average Bonchev–Trinajstić information content (AvgIpc) is 2.98. The lowest BCUT2D eigenvalue weighted by Gasteiger charge is -2.28. The van der Waals surface area contributed by atoms with Crippen molar-refractivity contribution in [3.05, 3.63) is 58.4 Å². The van der Waals surface area contributed by atoms with Crippen molar-refractivity contribution in [1.29, 1.82) is 0 Å². The third-order valence-corrected chi connectivity index (χ3v) is 5.17. The predicted octanol–water partition coefficient (Wildman–Crippen LogP) is 2.07. The van der Waals surface area contributed by atoms with Crippen LogP contribution in [0, 0.1) is 13.8 Å². The molecule has 1 aliphatic rings. The number of aryl methyl sites for hydroxylation is 1. The van der Waals surface area contributed by atoms with Gasteiger partial charge in [0.1, 0.15) is 5.57 Å². The molecule has 0 unspecified atom stereocenters. The number of hydrogen-bond acceptors (Lipinski definition) is 5. The van der Waals surface area contributed by atoms with E-state index in [4.69, 9.17) is 22.1 Å². The van der Waals surface area contributed by atoms with Crippen molar-refractivity contribution in [1.82, 2.24) is 14.8 Å². The van der Waals surface area contributed by atoms with Crippen LogP contribution in [0.4, 0.5) is 0 Å². The number of nitrogens with one attached hydrogen (secondary N) is 1. The van der Waals surface area contributed by atoms with Gasteiger partial charge in [-0.1, -0.05) is 0 Å². The number of thiocarbonyl (C=S) groups is 1. The first-order chi connectivity index (χ1) is 14.2. The minimum atomic E-state index is -0.995. The van der Waals surface area contributed by atoms with Crippen molar-refractivity contribution >= 4 is 41.2 Å². The molecule has 2 N–H and O–H groups in total. The summed E-state index contributed by atoms with van der Waals surface area (Å²) in [4.78, 5) is 37.6. The van der Waals surface area contributed by atoms with Gasteiger partial charge in [-0.3, -0.25) is 19.8 Å². The minimum absolute atomic E-state index is 0.0128. The summed E-state index contributed by atoms with van der Waals surface area (Å²) in [6.45, 7) is 4.28. The number of amides is 2. The molecule has 1 fully saturated rings. The van der Waals surface area contributed by atoms with Gasteiger partial charge in [-0.2, -0.15) is 0 Å². The largest absolute Gasteiger partial charge is 0.478 e. The van der Waals surface area contributed by atoms with Crippen LogP contribution < -0.4 is 5.32 Å². The molecule has 2 aromatic rings. The zero-order valence-corrected chi connectivity index (χ0v) is 17.6. The maximum Gasteiger partial charge on any atom is 0.335 e. The first kappa shape index (κ1) is 21.4. The number of carbonyl (C=O) groups is 3. The number of ether oxygens (including phenoxy) is 1. The van der Waals surface area contributed by atoms with Crippen molar-refractivity contribution in [3.8, 4) is 5.69 Å². The standard InChI is InChI=1S/C21H21N3O5S/c1-12-10-15(13(2)24(12)16-6-4-14(5-7-16)20(27)28)11-17-18(25)22-21(30)23(19(17)26)8-9-29-3/h4-7,10-11H,8-9H2,1-3H3,(H,27,28)(H,22,25,30). The molecule has 0 saturated carbocycles. The lowest BCUT2D eigenvalue weighted by molar-refractivity contribution is -0.129. The number of carbonyl (C=O) groups excluding carboxylic acids is 2. The maximum atomic E-state index is 12.8. The molecule has 1 aromatic carbocycles. The number of aromatic nitrogens is 1. The summed E-state index contributed by atoms with van der Waals surface area (Å²) in [5.41, 5.74) is 3.34. The van der Waals surface area contributed by atoms with Crippen LogP contribution in [-0.2, 0) is 14.3 Å². The van der Waals surface area contributed by atoms with Crippen LogP contribution in [0.15, 0.2) is 35.9 Å². The second-order valence-electron chi connectivity index (χ2n) is 6.78. The molecule has 3 rings (SSSR count). The lowest BCUT2D eigenvalue weighted by Crippen LogP contribution is -2.54. The summed E-state index contributed by atoms with van der Waals surface area (Å²) in [6.07, 6.45) is 1.55. The molecule has 156 valence electrons. The number of hydrogen-bond donors (Lipinski definition) is 2. The Morgan fingerprint density at radius 1 is 1.23 bits per heavy atom. The van der Waals surface area contributed by atoms with Crippen molar-refractivity contribution in [2.24, 2.45) is 0 Å². The quantitative estimate of drug-likeness (QED) is 0.416. The van der Waals surface area contributed by atoms with Gasteiger partial charge in [-0.25, -0.2) is 4.79 Å². The van der Waals surface area contributed by atoms with E-state index in [1.807, 2.05) is 24.5 Å². The Morgan fingerprint density at radius 3 is 2.50 bits per heavy atom. The summed E-state index contributed by atoms with van der Waals surface area (Å²) in [5.74, 6) is -2.02. The molecule has 1 saturated heterocycles. The number of carboxylic acid groups (broad SMARTS) is 1. The molecule has 1 aromatic heterocycles. The highest BCUT2D eigenvalue weighted by Gasteiger charge is 2.33. The van der Waals surface area contributed by atoms with E-state index in [9.17, 15) is 14.4 Å². The van der Waals surface area contributed by atoms with Gasteiger partial charge in [-0.15, -0.1) is 0 Å². The van der Waals surface area contributed by atoms with E-state index < -0.39 is 17.8 Å². The van der Waals surface area contributed by atoms with Crippen LogP contribution in [0.5, 0.6) is 0 Å². The van der Waals surface area contributed by atoms with Crippen molar-refractivity contribution < 1.29 is 24.2 Å².